The van der Waals surface area contributed by atoms with E-state index in [1.807, 2.05) is 55.5 Å². The number of benzene rings is 2. The summed E-state index contributed by atoms with van der Waals surface area (Å²) < 4.78 is 3.40. The third-order valence-electron chi connectivity index (χ3n) is 3.99. The van der Waals surface area contributed by atoms with Gasteiger partial charge in [0.05, 0.1) is 17.6 Å². The summed E-state index contributed by atoms with van der Waals surface area (Å²) >= 11 is 0. The number of nitrogens with one attached hydrogen (secondary N) is 1. The Morgan fingerprint density at radius 1 is 0.960 bits per heavy atom. The molecule has 0 aliphatic heterocycles. The predicted molar refractivity (Wildman–Crippen MR) is 92.7 cm³/mol. The molecule has 0 aliphatic carbocycles. The van der Waals surface area contributed by atoms with Crippen LogP contribution in [0.2, 0.25) is 0 Å². The Morgan fingerprint density at radius 3 is 2.20 bits per heavy atom. The number of hydrogen-bond donors (Lipinski definition) is 1. The van der Waals surface area contributed by atoms with Crippen molar-refractivity contribution in [1.29, 1.82) is 0 Å². The Hall–Kier alpha value is -3.29. The van der Waals surface area contributed by atoms with E-state index in [1.54, 1.807) is 9.36 Å². The Labute approximate surface area is 143 Å². The van der Waals surface area contributed by atoms with E-state index in [4.69, 9.17) is 0 Å². The maximum absolute atomic E-state index is 12.3. The molecule has 1 amide bonds. The Morgan fingerprint density at radius 2 is 1.52 bits per heavy atom. The third kappa shape index (κ3) is 3.06. The zero-order valence-corrected chi connectivity index (χ0v) is 13.7. The lowest BCUT2D eigenvalue weighted by Crippen LogP contribution is -2.38. The molecule has 25 heavy (non-hydrogen) atoms. The average molecular weight is 335 g/mol. The SMILES string of the molecule is C[C@H](Cn1nnc2ccccc21)NC(=O)Cn1nnc2ccccc21. The summed E-state index contributed by atoms with van der Waals surface area (Å²) in [6.07, 6.45) is 0. The van der Waals surface area contributed by atoms with Crippen molar-refractivity contribution < 1.29 is 4.79 Å². The van der Waals surface area contributed by atoms with Crippen LogP contribution >= 0.6 is 0 Å². The Balaban J connectivity index is 1.42. The fourth-order valence-electron chi connectivity index (χ4n) is 2.85. The van der Waals surface area contributed by atoms with E-state index >= 15 is 0 Å². The van der Waals surface area contributed by atoms with Gasteiger partial charge in [-0.2, -0.15) is 0 Å². The van der Waals surface area contributed by atoms with Gasteiger partial charge in [-0.25, -0.2) is 9.36 Å². The van der Waals surface area contributed by atoms with Crippen LogP contribution < -0.4 is 5.32 Å². The molecule has 2 aromatic heterocycles. The highest BCUT2D eigenvalue weighted by Crippen LogP contribution is 2.11. The summed E-state index contributed by atoms with van der Waals surface area (Å²) in [6, 6.07) is 15.2. The van der Waals surface area contributed by atoms with Crippen LogP contribution in [0.3, 0.4) is 0 Å². The fourth-order valence-corrected chi connectivity index (χ4v) is 2.85. The van der Waals surface area contributed by atoms with Crippen LogP contribution in [0.4, 0.5) is 0 Å². The minimum absolute atomic E-state index is 0.0904. The lowest BCUT2D eigenvalue weighted by atomic mass is 10.3. The van der Waals surface area contributed by atoms with Crippen molar-refractivity contribution in [2.24, 2.45) is 0 Å². The van der Waals surface area contributed by atoms with E-state index in [-0.39, 0.29) is 18.5 Å². The molecule has 8 nitrogen and oxygen atoms in total. The molecule has 0 unspecified atom stereocenters. The van der Waals surface area contributed by atoms with E-state index in [1.165, 1.54) is 0 Å². The van der Waals surface area contributed by atoms with Crippen molar-refractivity contribution >= 4 is 28.0 Å². The largest absolute Gasteiger partial charge is 0.350 e. The van der Waals surface area contributed by atoms with E-state index in [2.05, 4.69) is 25.9 Å². The molecule has 1 N–H and O–H groups in total. The first-order valence-corrected chi connectivity index (χ1v) is 8.06. The molecule has 4 aromatic rings. The zero-order valence-electron chi connectivity index (χ0n) is 13.7. The van der Waals surface area contributed by atoms with Gasteiger partial charge in [-0.1, -0.05) is 34.7 Å². The quantitative estimate of drug-likeness (QED) is 0.595. The van der Waals surface area contributed by atoms with Crippen LogP contribution in [-0.2, 0) is 17.9 Å². The van der Waals surface area contributed by atoms with Gasteiger partial charge >= 0.3 is 0 Å². The summed E-state index contributed by atoms with van der Waals surface area (Å²) in [5.74, 6) is -0.118. The van der Waals surface area contributed by atoms with E-state index < -0.39 is 0 Å². The first kappa shape index (κ1) is 15.3. The zero-order chi connectivity index (χ0) is 17.2. The second kappa shape index (κ2) is 6.31. The standard InChI is InChI=1S/C17H17N7O/c1-12(10-23-15-8-4-2-6-13(15)19-21-23)18-17(25)11-24-16-9-5-3-7-14(16)20-22-24/h2-9,12H,10-11H2,1H3,(H,18,25)/t12-/m1/s1. The van der Waals surface area contributed by atoms with Crippen molar-refractivity contribution in [3.8, 4) is 0 Å². The van der Waals surface area contributed by atoms with E-state index in [0.717, 1.165) is 22.1 Å². The molecule has 0 saturated heterocycles. The molecule has 2 aromatic carbocycles. The lowest BCUT2D eigenvalue weighted by Gasteiger charge is -2.14. The normalized spacial score (nSPS) is 12.5. The molecule has 2 heterocycles. The van der Waals surface area contributed by atoms with Crippen LogP contribution in [0.15, 0.2) is 48.5 Å². The maximum atomic E-state index is 12.3. The second-order valence-corrected chi connectivity index (χ2v) is 5.96. The van der Waals surface area contributed by atoms with Crippen LogP contribution in [-0.4, -0.2) is 41.9 Å². The van der Waals surface area contributed by atoms with Gasteiger partial charge < -0.3 is 5.32 Å². The number of rotatable bonds is 5. The van der Waals surface area contributed by atoms with Gasteiger partial charge in [-0.15, -0.1) is 10.2 Å². The van der Waals surface area contributed by atoms with Crippen LogP contribution in [0.1, 0.15) is 6.92 Å². The summed E-state index contributed by atoms with van der Waals surface area (Å²) in [5, 5.41) is 19.3. The van der Waals surface area contributed by atoms with Crippen molar-refractivity contribution in [2.75, 3.05) is 0 Å². The highest BCUT2D eigenvalue weighted by molar-refractivity contribution is 5.80. The predicted octanol–water partition coefficient (Wildman–Crippen LogP) is 1.38. The van der Waals surface area contributed by atoms with E-state index in [0.29, 0.717) is 6.54 Å². The minimum atomic E-state index is -0.118. The van der Waals surface area contributed by atoms with Gasteiger partial charge in [0.2, 0.25) is 5.91 Å². The number of nitrogens with zero attached hydrogens (tertiary/aromatic N) is 6. The fraction of sp³-hybridized carbons (Fsp3) is 0.235. The van der Waals surface area contributed by atoms with Gasteiger partial charge in [0.15, 0.2) is 0 Å². The van der Waals surface area contributed by atoms with Crippen LogP contribution in [0.5, 0.6) is 0 Å². The molecular formula is C17H17N7O. The molecule has 0 saturated carbocycles. The molecule has 4 rings (SSSR count). The molecule has 0 spiro atoms. The van der Waals surface area contributed by atoms with Gasteiger partial charge in [-0.3, -0.25) is 4.79 Å². The van der Waals surface area contributed by atoms with Crippen molar-refractivity contribution in [1.82, 2.24) is 35.3 Å². The summed E-state index contributed by atoms with van der Waals surface area (Å²) in [5.41, 5.74) is 3.41. The first-order valence-electron chi connectivity index (χ1n) is 8.06. The van der Waals surface area contributed by atoms with Gasteiger partial charge in [0.1, 0.15) is 17.6 Å². The second-order valence-electron chi connectivity index (χ2n) is 5.96. The number of para-hydroxylation sites is 2. The lowest BCUT2D eigenvalue weighted by molar-refractivity contribution is -0.122. The molecule has 1 atom stereocenters. The first-order chi connectivity index (χ1) is 12.2. The topological polar surface area (TPSA) is 90.5 Å². The smallest absolute Gasteiger partial charge is 0.242 e. The average Bonchev–Trinajstić information content (AvgIpc) is 3.20. The molecule has 0 fully saturated rings. The molecule has 0 radical (unpaired) electrons. The molecule has 126 valence electrons. The number of carbonyl (C=O) groups is 1. The number of carbonyl (C=O) groups excluding carboxylic acids is 1. The molecule has 0 aliphatic rings. The third-order valence-corrected chi connectivity index (χ3v) is 3.99. The highest BCUT2D eigenvalue weighted by atomic mass is 16.2. The van der Waals surface area contributed by atoms with E-state index in [9.17, 15) is 4.79 Å². The van der Waals surface area contributed by atoms with Gasteiger partial charge in [-0.05, 0) is 31.2 Å². The number of hydrogen-bond acceptors (Lipinski definition) is 5. The van der Waals surface area contributed by atoms with Crippen molar-refractivity contribution in [3.63, 3.8) is 0 Å². The summed E-state index contributed by atoms with van der Waals surface area (Å²) in [4.78, 5) is 12.3. The maximum Gasteiger partial charge on any atom is 0.242 e. The Kier molecular flexibility index (Phi) is 3.85. The molecule has 0 bridgehead atoms. The summed E-state index contributed by atoms with van der Waals surface area (Å²) in [7, 11) is 0. The van der Waals surface area contributed by atoms with Crippen molar-refractivity contribution in [2.45, 2.75) is 26.1 Å². The molecular weight excluding hydrogens is 318 g/mol. The highest BCUT2D eigenvalue weighted by Gasteiger charge is 2.13. The van der Waals surface area contributed by atoms with Crippen LogP contribution in [0.25, 0.3) is 22.1 Å². The van der Waals surface area contributed by atoms with Crippen LogP contribution in [0, 0.1) is 0 Å². The Bertz CT molecular complexity index is 1040. The van der Waals surface area contributed by atoms with Gasteiger partial charge in [0.25, 0.3) is 0 Å². The number of aromatic nitrogens is 6. The minimum Gasteiger partial charge on any atom is -0.350 e. The summed E-state index contributed by atoms with van der Waals surface area (Å²) in [6.45, 7) is 2.61. The van der Waals surface area contributed by atoms with Crippen molar-refractivity contribution in [3.05, 3.63) is 48.5 Å². The number of fused-ring (bicyclic) bond motifs is 2. The molecule has 8 heteroatoms. The number of amides is 1. The monoisotopic (exact) mass is 335 g/mol. The van der Waals surface area contributed by atoms with Gasteiger partial charge in [0, 0.05) is 6.04 Å².